The van der Waals surface area contributed by atoms with Crippen molar-refractivity contribution in [2.45, 2.75) is 28.8 Å². The van der Waals surface area contributed by atoms with E-state index >= 15 is 0 Å². The minimum atomic E-state index is 0.938. The lowest BCUT2D eigenvalue weighted by Crippen LogP contribution is -2.21. The first-order valence-corrected chi connectivity index (χ1v) is 9.90. The highest BCUT2D eigenvalue weighted by molar-refractivity contribution is 8.81. The second-order valence-electron chi connectivity index (χ2n) is 3.14. The van der Waals surface area contributed by atoms with E-state index in [1.165, 1.54) is 0 Å². The average molecular weight is 271 g/mol. The monoisotopic (exact) mass is 270 g/mol. The number of fused-ring (bicyclic) bond motifs is 2. The fraction of sp³-hybridized carbons (Fsp3) is 1.00. The lowest BCUT2D eigenvalue weighted by Gasteiger charge is -2.26. The van der Waals surface area contributed by atoms with Gasteiger partial charge in [-0.05, 0) is 0 Å². The molecule has 0 N–H and O–H groups in total. The van der Waals surface area contributed by atoms with E-state index in [2.05, 4.69) is 68.6 Å². The number of hydrogen-bond donors (Lipinski definition) is 0. The van der Waals surface area contributed by atoms with Crippen molar-refractivity contribution >= 4 is 68.6 Å². The Morgan fingerprint density at radius 2 is 1.17 bits per heavy atom. The van der Waals surface area contributed by atoms with Crippen LogP contribution in [0.3, 0.4) is 0 Å². The number of rotatable bonds is 3. The molecule has 4 saturated heterocycles. The molecule has 0 radical (unpaired) electrons. The summed E-state index contributed by atoms with van der Waals surface area (Å²) in [5.74, 6) is 0. The lowest BCUT2D eigenvalue weighted by atomic mass is 10.5. The summed E-state index contributed by atoms with van der Waals surface area (Å²) in [6, 6.07) is 0. The summed E-state index contributed by atoms with van der Waals surface area (Å²) in [5.41, 5.74) is 0. The molecule has 12 heavy (non-hydrogen) atoms. The van der Waals surface area contributed by atoms with Crippen molar-refractivity contribution in [2.24, 2.45) is 0 Å². The van der Waals surface area contributed by atoms with E-state index in [0.29, 0.717) is 0 Å². The van der Waals surface area contributed by atoms with Crippen molar-refractivity contribution in [3.8, 4) is 0 Å². The van der Waals surface area contributed by atoms with E-state index in [-0.39, 0.29) is 0 Å². The van der Waals surface area contributed by atoms with Gasteiger partial charge in [-0.25, -0.2) is 0 Å². The van der Waals surface area contributed by atoms with E-state index < -0.39 is 0 Å². The van der Waals surface area contributed by atoms with Gasteiger partial charge in [0.1, 0.15) is 0 Å². The van der Waals surface area contributed by atoms with Gasteiger partial charge in [0.15, 0.2) is 0 Å². The van der Waals surface area contributed by atoms with Crippen LogP contribution in [-0.2, 0) is 0 Å². The Hall–Kier alpha value is 2.10. The number of hydrogen-bond acceptors (Lipinski definition) is 6. The average Bonchev–Trinajstić information content (AvgIpc) is 2.82. The van der Waals surface area contributed by atoms with Crippen LogP contribution >= 0.6 is 68.6 Å². The first kappa shape index (κ1) is 8.28. The van der Waals surface area contributed by atoms with Crippen LogP contribution in [0.5, 0.6) is 0 Å². The summed E-state index contributed by atoms with van der Waals surface area (Å²) in [6.07, 6.45) is 0. The topological polar surface area (TPSA) is 0 Å². The van der Waals surface area contributed by atoms with Crippen LogP contribution < -0.4 is 0 Å². The van der Waals surface area contributed by atoms with Gasteiger partial charge in [-0.15, -0.1) is 47.0 Å². The van der Waals surface area contributed by atoms with E-state index in [0.717, 1.165) is 28.8 Å². The third kappa shape index (κ3) is 1.21. The summed E-state index contributed by atoms with van der Waals surface area (Å²) in [4.78, 5) is 0. The molecule has 0 aromatic carbocycles. The fourth-order valence-electron chi connectivity index (χ4n) is 1.33. The summed E-state index contributed by atoms with van der Waals surface area (Å²) < 4.78 is 3.90. The fourth-order valence-corrected chi connectivity index (χ4v) is 13.7. The Morgan fingerprint density at radius 1 is 0.667 bits per heavy atom. The Morgan fingerprint density at radius 3 is 1.42 bits per heavy atom. The zero-order chi connectivity index (χ0) is 7.71. The molecule has 4 aliphatic rings. The second kappa shape index (κ2) is 2.82. The summed E-state index contributed by atoms with van der Waals surface area (Å²) in [5, 5.41) is 2.08. The van der Waals surface area contributed by atoms with Gasteiger partial charge >= 0.3 is 0 Å². The largest absolute Gasteiger partial charge is 0.139 e. The molecule has 6 heteroatoms. The first-order valence-electron chi connectivity index (χ1n) is 3.86. The van der Waals surface area contributed by atoms with Crippen LogP contribution in [0.25, 0.3) is 0 Å². The molecule has 4 fully saturated rings. The third-order valence-corrected chi connectivity index (χ3v) is 13.7. The standard InChI is InChI=1S/C6H6S6/c7-1-3(7)9-5(1)11-12-6-2-4(8-2)10-6/h1-6H. The molecule has 66 valence electrons. The molecule has 0 bridgehead atoms. The van der Waals surface area contributed by atoms with Gasteiger partial charge in [0.05, 0.1) is 18.3 Å². The molecule has 0 saturated carbocycles. The van der Waals surface area contributed by atoms with Crippen molar-refractivity contribution in [3.63, 3.8) is 0 Å². The van der Waals surface area contributed by atoms with Crippen molar-refractivity contribution < 1.29 is 0 Å². The van der Waals surface area contributed by atoms with Gasteiger partial charge in [-0.1, -0.05) is 21.6 Å². The second-order valence-corrected chi connectivity index (χ2v) is 12.1. The number of thioether (sulfide) groups is 4. The van der Waals surface area contributed by atoms with Crippen LogP contribution in [0.1, 0.15) is 0 Å². The SMILES string of the molecule is S(SC1SC2SC12)C1SC2SC12. The van der Waals surface area contributed by atoms with E-state index in [1.807, 2.05) is 0 Å². The Balaban J connectivity index is 1.27. The van der Waals surface area contributed by atoms with Gasteiger partial charge in [0, 0.05) is 10.5 Å². The molecule has 0 amide bonds. The zero-order valence-corrected chi connectivity index (χ0v) is 10.8. The zero-order valence-electron chi connectivity index (χ0n) is 5.91. The molecule has 0 aromatic rings. The molecule has 0 aliphatic carbocycles. The molecule has 6 atom stereocenters. The molecule has 4 aliphatic heterocycles. The molecular weight excluding hydrogens is 264 g/mol. The normalized spacial score (nSPS) is 64.0. The van der Waals surface area contributed by atoms with Crippen LogP contribution in [0.4, 0.5) is 0 Å². The smallest absolute Gasteiger partial charge is 0.0755 e. The van der Waals surface area contributed by atoms with Gasteiger partial charge in [0.2, 0.25) is 0 Å². The lowest BCUT2D eigenvalue weighted by molar-refractivity contribution is 1.10. The highest BCUT2D eigenvalue weighted by Gasteiger charge is 2.59. The molecule has 4 heterocycles. The maximum Gasteiger partial charge on any atom is 0.0755 e. The minimum absolute atomic E-state index is 0.938. The summed E-state index contributed by atoms with van der Waals surface area (Å²) in [7, 11) is 4.30. The Bertz CT molecular complexity index is 208. The van der Waals surface area contributed by atoms with Crippen molar-refractivity contribution in [3.05, 3.63) is 0 Å². The van der Waals surface area contributed by atoms with Gasteiger partial charge in [-0.2, -0.15) is 0 Å². The van der Waals surface area contributed by atoms with Crippen LogP contribution in [-0.4, -0.2) is 28.8 Å². The highest BCUT2D eigenvalue weighted by Crippen LogP contribution is 2.73. The van der Waals surface area contributed by atoms with E-state index in [9.17, 15) is 0 Å². The molecule has 4 rings (SSSR count). The predicted octanol–water partition coefficient (Wildman–Crippen LogP) is 3.40. The molecule has 0 spiro atoms. The van der Waals surface area contributed by atoms with E-state index in [1.54, 1.807) is 0 Å². The van der Waals surface area contributed by atoms with Crippen molar-refractivity contribution in [2.75, 3.05) is 0 Å². The van der Waals surface area contributed by atoms with Gasteiger partial charge < -0.3 is 0 Å². The van der Waals surface area contributed by atoms with Crippen LogP contribution in [0.2, 0.25) is 0 Å². The minimum Gasteiger partial charge on any atom is -0.139 e. The predicted molar refractivity (Wildman–Crippen MR) is 68.3 cm³/mol. The maximum atomic E-state index is 2.18. The van der Waals surface area contributed by atoms with Gasteiger partial charge in [0.25, 0.3) is 0 Å². The first-order chi connectivity index (χ1) is 5.92. The summed E-state index contributed by atoms with van der Waals surface area (Å²) >= 11 is 8.71. The maximum absolute atomic E-state index is 2.18. The van der Waals surface area contributed by atoms with Crippen LogP contribution in [0.15, 0.2) is 0 Å². The van der Waals surface area contributed by atoms with Crippen LogP contribution in [0, 0.1) is 0 Å². The Labute approximate surface area is 96.7 Å². The van der Waals surface area contributed by atoms with E-state index in [4.69, 9.17) is 0 Å². The Kier molecular flexibility index (Phi) is 1.94. The third-order valence-electron chi connectivity index (χ3n) is 2.28. The quantitative estimate of drug-likeness (QED) is 0.565. The van der Waals surface area contributed by atoms with Crippen molar-refractivity contribution in [1.29, 1.82) is 0 Å². The molecule has 6 unspecified atom stereocenters. The highest BCUT2D eigenvalue weighted by atomic mass is 33.1. The summed E-state index contributed by atoms with van der Waals surface area (Å²) in [6.45, 7) is 0. The molecule has 0 nitrogen and oxygen atoms in total. The van der Waals surface area contributed by atoms with Gasteiger partial charge in [-0.3, -0.25) is 0 Å². The van der Waals surface area contributed by atoms with Crippen molar-refractivity contribution in [1.82, 2.24) is 0 Å². The molecular formula is C6H6S6. The molecule has 0 aromatic heterocycles.